The number of nitrogens with two attached hydrogens (primary N) is 1. The maximum absolute atomic E-state index is 10.6. The zero-order chi connectivity index (χ0) is 11.6. The van der Waals surface area contributed by atoms with Gasteiger partial charge in [0.15, 0.2) is 0 Å². The van der Waals surface area contributed by atoms with Crippen molar-refractivity contribution in [3.63, 3.8) is 0 Å². The van der Waals surface area contributed by atoms with Crippen molar-refractivity contribution in [1.29, 1.82) is 0 Å². The van der Waals surface area contributed by atoms with Crippen LogP contribution in [-0.2, 0) is 9.47 Å². The van der Waals surface area contributed by atoms with Gasteiger partial charge in [-0.15, -0.1) is 0 Å². The van der Waals surface area contributed by atoms with Gasteiger partial charge in [-0.1, -0.05) is 0 Å². The van der Waals surface area contributed by atoms with Gasteiger partial charge in [-0.3, -0.25) is 0 Å². The van der Waals surface area contributed by atoms with Crippen LogP contribution in [0.25, 0.3) is 0 Å². The Kier molecular flexibility index (Phi) is 3.54. The van der Waals surface area contributed by atoms with Gasteiger partial charge in [0.1, 0.15) is 0 Å². The summed E-state index contributed by atoms with van der Waals surface area (Å²) in [5, 5.41) is 10.6. The van der Waals surface area contributed by atoms with E-state index in [1.807, 2.05) is 6.92 Å². The molecule has 3 N–H and O–H groups in total. The fourth-order valence-electron chi connectivity index (χ4n) is 3.05. The molecule has 16 heavy (non-hydrogen) atoms. The molecule has 0 amide bonds. The molecule has 2 aliphatic rings. The van der Waals surface area contributed by atoms with Gasteiger partial charge in [-0.05, 0) is 19.8 Å². The first kappa shape index (κ1) is 12.3. The summed E-state index contributed by atoms with van der Waals surface area (Å²) in [4.78, 5) is 0. The Labute approximate surface area is 97.1 Å². The lowest BCUT2D eigenvalue weighted by atomic mass is 9.58. The molecule has 0 bridgehead atoms. The predicted molar refractivity (Wildman–Crippen MR) is 61.1 cm³/mol. The lowest BCUT2D eigenvalue weighted by Crippen LogP contribution is -2.64. The zero-order valence-electron chi connectivity index (χ0n) is 10.1. The molecule has 0 aromatic carbocycles. The molecule has 4 nitrogen and oxygen atoms in total. The fourth-order valence-corrected chi connectivity index (χ4v) is 3.05. The van der Waals surface area contributed by atoms with Crippen LogP contribution in [0.3, 0.4) is 0 Å². The summed E-state index contributed by atoms with van der Waals surface area (Å²) >= 11 is 0. The van der Waals surface area contributed by atoms with Gasteiger partial charge in [-0.2, -0.15) is 0 Å². The average Bonchev–Trinajstić information content (AvgIpc) is 2.28. The summed E-state index contributed by atoms with van der Waals surface area (Å²) < 4.78 is 11.0. The minimum absolute atomic E-state index is 0.209. The van der Waals surface area contributed by atoms with Crippen LogP contribution in [-0.4, -0.2) is 43.2 Å². The van der Waals surface area contributed by atoms with Crippen LogP contribution in [0.5, 0.6) is 0 Å². The number of rotatable bonds is 4. The van der Waals surface area contributed by atoms with Crippen LogP contribution in [0, 0.1) is 5.41 Å². The zero-order valence-corrected chi connectivity index (χ0v) is 10.1. The lowest BCUT2D eigenvalue weighted by molar-refractivity contribution is -0.226. The summed E-state index contributed by atoms with van der Waals surface area (Å²) in [7, 11) is 0. The van der Waals surface area contributed by atoms with E-state index in [0.717, 1.165) is 19.4 Å². The van der Waals surface area contributed by atoms with Crippen molar-refractivity contribution >= 4 is 0 Å². The molecule has 1 heterocycles. The van der Waals surface area contributed by atoms with Gasteiger partial charge in [-0.25, -0.2) is 0 Å². The molecule has 2 rings (SSSR count). The molecule has 1 aliphatic heterocycles. The summed E-state index contributed by atoms with van der Waals surface area (Å²) in [5.41, 5.74) is 4.97. The molecule has 0 aromatic rings. The van der Waals surface area contributed by atoms with E-state index in [2.05, 4.69) is 0 Å². The molecule has 0 radical (unpaired) electrons. The van der Waals surface area contributed by atoms with E-state index < -0.39 is 5.60 Å². The minimum Gasteiger partial charge on any atom is -0.389 e. The number of aliphatic hydroxyl groups is 1. The van der Waals surface area contributed by atoms with Crippen LogP contribution < -0.4 is 5.73 Å². The molecule has 1 aliphatic carbocycles. The lowest BCUT2D eigenvalue weighted by Gasteiger charge is -2.56. The summed E-state index contributed by atoms with van der Waals surface area (Å²) in [6.45, 7) is 4.60. The van der Waals surface area contributed by atoms with Gasteiger partial charge in [0.05, 0.1) is 18.3 Å². The van der Waals surface area contributed by atoms with E-state index in [1.54, 1.807) is 0 Å². The smallest absolute Gasteiger partial charge is 0.0787 e. The van der Waals surface area contributed by atoms with Gasteiger partial charge < -0.3 is 20.3 Å². The number of hydrogen-bond donors (Lipinski definition) is 2. The molecule has 1 saturated heterocycles. The molecule has 1 saturated carbocycles. The number of ether oxygens (including phenoxy) is 2. The van der Waals surface area contributed by atoms with E-state index in [9.17, 15) is 5.11 Å². The third-order valence-electron chi connectivity index (χ3n) is 4.23. The van der Waals surface area contributed by atoms with Crippen LogP contribution in [0.1, 0.15) is 32.6 Å². The maximum atomic E-state index is 10.6. The normalized spacial score (nSPS) is 44.1. The molecule has 0 aromatic heterocycles. The average molecular weight is 229 g/mol. The second-order valence-electron chi connectivity index (χ2n) is 5.16. The first-order valence-corrected chi connectivity index (χ1v) is 6.27. The predicted octanol–water partition coefficient (Wildman–Crippen LogP) is 0.672. The SMILES string of the molecule is CCOC1CC(O)(C2(CN)CCCOC2)C1. The van der Waals surface area contributed by atoms with E-state index in [-0.39, 0.29) is 11.5 Å². The molecular formula is C12H23NO3. The topological polar surface area (TPSA) is 64.7 Å². The van der Waals surface area contributed by atoms with Crippen molar-refractivity contribution in [3.8, 4) is 0 Å². The highest BCUT2D eigenvalue weighted by Gasteiger charge is 2.57. The van der Waals surface area contributed by atoms with Gasteiger partial charge >= 0.3 is 0 Å². The van der Waals surface area contributed by atoms with Crippen LogP contribution in [0.4, 0.5) is 0 Å². The Morgan fingerprint density at radius 3 is 2.75 bits per heavy atom. The van der Waals surface area contributed by atoms with Crippen LogP contribution in [0.15, 0.2) is 0 Å². The molecule has 1 unspecified atom stereocenters. The standard InChI is InChI=1S/C12H23NO3/c1-2-16-10-6-12(14,7-10)11(8-13)4-3-5-15-9-11/h10,14H,2-9,13H2,1H3. The minimum atomic E-state index is -0.665. The molecule has 0 spiro atoms. The highest BCUT2D eigenvalue weighted by atomic mass is 16.5. The van der Waals surface area contributed by atoms with Crippen LogP contribution in [0.2, 0.25) is 0 Å². The quantitative estimate of drug-likeness (QED) is 0.743. The first-order valence-electron chi connectivity index (χ1n) is 6.27. The highest BCUT2D eigenvalue weighted by Crippen LogP contribution is 2.50. The molecular weight excluding hydrogens is 206 g/mol. The van der Waals surface area contributed by atoms with Crippen molar-refractivity contribution in [3.05, 3.63) is 0 Å². The Morgan fingerprint density at radius 2 is 2.25 bits per heavy atom. The largest absolute Gasteiger partial charge is 0.389 e. The third kappa shape index (κ3) is 1.88. The van der Waals surface area contributed by atoms with Crippen molar-refractivity contribution in [2.45, 2.75) is 44.3 Å². The van der Waals surface area contributed by atoms with Gasteiger partial charge in [0.2, 0.25) is 0 Å². The fraction of sp³-hybridized carbons (Fsp3) is 1.00. The summed E-state index contributed by atoms with van der Waals surface area (Å²) in [6.07, 6.45) is 3.60. The highest BCUT2D eigenvalue weighted by molar-refractivity contribution is 5.09. The first-order chi connectivity index (χ1) is 7.66. The van der Waals surface area contributed by atoms with Crippen molar-refractivity contribution < 1.29 is 14.6 Å². The van der Waals surface area contributed by atoms with E-state index in [0.29, 0.717) is 32.6 Å². The molecule has 2 fully saturated rings. The van der Waals surface area contributed by atoms with E-state index in [4.69, 9.17) is 15.2 Å². The van der Waals surface area contributed by atoms with E-state index in [1.165, 1.54) is 0 Å². The second-order valence-corrected chi connectivity index (χ2v) is 5.16. The van der Waals surface area contributed by atoms with Crippen LogP contribution >= 0.6 is 0 Å². The second kappa shape index (κ2) is 4.61. The Hall–Kier alpha value is -0.160. The molecule has 1 atom stereocenters. The number of hydrogen-bond acceptors (Lipinski definition) is 4. The Bertz CT molecular complexity index is 232. The van der Waals surface area contributed by atoms with E-state index >= 15 is 0 Å². The van der Waals surface area contributed by atoms with Gasteiger partial charge in [0, 0.05) is 38.0 Å². The van der Waals surface area contributed by atoms with Crippen molar-refractivity contribution in [1.82, 2.24) is 0 Å². The Balaban J connectivity index is 1.99. The monoisotopic (exact) mass is 229 g/mol. The summed E-state index contributed by atoms with van der Waals surface area (Å²) in [5.74, 6) is 0. The molecule has 4 heteroatoms. The Morgan fingerprint density at radius 1 is 1.50 bits per heavy atom. The summed E-state index contributed by atoms with van der Waals surface area (Å²) in [6, 6.07) is 0. The van der Waals surface area contributed by atoms with Crippen molar-refractivity contribution in [2.75, 3.05) is 26.4 Å². The van der Waals surface area contributed by atoms with Gasteiger partial charge in [0.25, 0.3) is 0 Å². The van der Waals surface area contributed by atoms with Crippen molar-refractivity contribution in [2.24, 2.45) is 11.1 Å². The third-order valence-corrected chi connectivity index (χ3v) is 4.23. The molecule has 94 valence electrons. The maximum Gasteiger partial charge on any atom is 0.0787 e.